The van der Waals surface area contributed by atoms with E-state index in [0.29, 0.717) is 17.1 Å². The zero-order chi connectivity index (χ0) is 21.6. The molecule has 0 spiro atoms. The number of benzene rings is 2. The minimum absolute atomic E-state index is 0.0795. The predicted molar refractivity (Wildman–Crippen MR) is 111 cm³/mol. The first-order valence-electron chi connectivity index (χ1n) is 8.98. The van der Waals surface area contributed by atoms with Gasteiger partial charge in [0.2, 0.25) is 21.8 Å². The number of anilines is 2. The lowest BCUT2D eigenvalue weighted by atomic mass is 10.0. The molecule has 0 aliphatic heterocycles. The van der Waals surface area contributed by atoms with Crippen molar-refractivity contribution in [3.63, 3.8) is 0 Å². The summed E-state index contributed by atoms with van der Waals surface area (Å²) in [5, 5.41) is 5.31. The molecule has 29 heavy (non-hydrogen) atoms. The van der Waals surface area contributed by atoms with Crippen molar-refractivity contribution in [2.24, 2.45) is 5.92 Å². The highest BCUT2D eigenvalue weighted by atomic mass is 32.2. The van der Waals surface area contributed by atoms with Crippen LogP contribution in [0, 0.1) is 5.92 Å². The van der Waals surface area contributed by atoms with Crippen LogP contribution in [0.3, 0.4) is 0 Å². The largest absolute Gasteiger partial charge is 0.495 e. The van der Waals surface area contributed by atoms with Crippen molar-refractivity contribution in [3.05, 3.63) is 48.5 Å². The number of carbonyl (C=O) groups excluding carboxylic acids is 2. The SMILES string of the molecule is COc1ccc(NC(=O)[C@H](NS(=O)(=O)c2ccccc2)C(C)C)cc1NC(C)=O. The molecule has 8 nitrogen and oxygen atoms in total. The van der Waals surface area contributed by atoms with Crippen LogP contribution in [0.25, 0.3) is 0 Å². The second-order valence-corrected chi connectivity index (χ2v) is 8.46. The van der Waals surface area contributed by atoms with E-state index in [1.54, 1.807) is 50.2 Å². The first-order valence-corrected chi connectivity index (χ1v) is 10.5. The predicted octanol–water partition coefficient (Wildman–Crippen LogP) is 2.60. The number of hydrogen-bond donors (Lipinski definition) is 3. The van der Waals surface area contributed by atoms with Gasteiger partial charge in [0.15, 0.2) is 0 Å². The van der Waals surface area contributed by atoms with Gasteiger partial charge in [-0.15, -0.1) is 0 Å². The normalized spacial score (nSPS) is 12.3. The molecule has 0 saturated carbocycles. The third kappa shape index (κ3) is 6.03. The van der Waals surface area contributed by atoms with Crippen LogP contribution >= 0.6 is 0 Å². The minimum atomic E-state index is -3.86. The monoisotopic (exact) mass is 419 g/mol. The molecule has 0 aliphatic rings. The van der Waals surface area contributed by atoms with Crippen molar-refractivity contribution in [1.29, 1.82) is 0 Å². The zero-order valence-electron chi connectivity index (χ0n) is 16.7. The van der Waals surface area contributed by atoms with E-state index in [0.717, 1.165) is 0 Å². The van der Waals surface area contributed by atoms with Crippen molar-refractivity contribution < 1.29 is 22.7 Å². The highest BCUT2D eigenvalue weighted by Gasteiger charge is 2.28. The van der Waals surface area contributed by atoms with E-state index in [-0.39, 0.29) is 16.7 Å². The van der Waals surface area contributed by atoms with E-state index in [4.69, 9.17) is 4.74 Å². The van der Waals surface area contributed by atoms with Crippen molar-refractivity contribution in [2.75, 3.05) is 17.7 Å². The summed E-state index contributed by atoms with van der Waals surface area (Å²) in [6.07, 6.45) is 0. The standard InChI is InChI=1S/C20H25N3O5S/c1-13(2)19(23-29(26,27)16-8-6-5-7-9-16)20(25)22-15-10-11-18(28-4)17(12-15)21-14(3)24/h5-13,19,23H,1-4H3,(H,21,24)(H,22,25)/t19-/m1/s1. The summed E-state index contributed by atoms with van der Waals surface area (Å²) in [7, 11) is -2.40. The molecule has 0 saturated heterocycles. The van der Waals surface area contributed by atoms with Crippen LogP contribution in [-0.2, 0) is 19.6 Å². The molecule has 9 heteroatoms. The quantitative estimate of drug-likeness (QED) is 0.609. The summed E-state index contributed by atoms with van der Waals surface area (Å²) in [6, 6.07) is 11.6. The summed E-state index contributed by atoms with van der Waals surface area (Å²) < 4.78 is 32.9. The minimum Gasteiger partial charge on any atom is -0.495 e. The number of rotatable bonds is 8. The molecule has 1 atom stereocenters. The van der Waals surface area contributed by atoms with Gasteiger partial charge in [-0.1, -0.05) is 32.0 Å². The van der Waals surface area contributed by atoms with E-state index in [1.165, 1.54) is 26.2 Å². The molecule has 0 unspecified atom stereocenters. The Labute approximate surface area is 170 Å². The fourth-order valence-corrected chi connectivity index (χ4v) is 3.99. The third-order valence-electron chi connectivity index (χ3n) is 4.06. The van der Waals surface area contributed by atoms with Gasteiger partial charge in [-0.25, -0.2) is 8.42 Å². The lowest BCUT2D eigenvalue weighted by Crippen LogP contribution is -2.47. The maximum atomic E-state index is 12.8. The molecular weight excluding hydrogens is 394 g/mol. The first kappa shape index (κ1) is 22.4. The van der Waals surface area contributed by atoms with Crippen LogP contribution in [0.5, 0.6) is 5.75 Å². The number of amides is 2. The Balaban J connectivity index is 2.23. The molecule has 0 heterocycles. The van der Waals surface area contributed by atoms with Crippen molar-refractivity contribution in [3.8, 4) is 5.75 Å². The molecular formula is C20H25N3O5S. The van der Waals surface area contributed by atoms with Gasteiger partial charge in [0, 0.05) is 12.6 Å². The van der Waals surface area contributed by atoms with Gasteiger partial charge in [0.1, 0.15) is 11.8 Å². The maximum absolute atomic E-state index is 12.8. The highest BCUT2D eigenvalue weighted by Crippen LogP contribution is 2.28. The second kappa shape index (κ2) is 9.53. The van der Waals surface area contributed by atoms with Gasteiger partial charge in [-0.2, -0.15) is 4.72 Å². The lowest BCUT2D eigenvalue weighted by Gasteiger charge is -2.22. The number of nitrogens with one attached hydrogen (secondary N) is 3. The summed E-state index contributed by atoms with van der Waals surface area (Å²) in [5.74, 6) is -0.675. The van der Waals surface area contributed by atoms with Crippen molar-refractivity contribution in [1.82, 2.24) is 4.72 Å². The fraction of sp³-hybridized carbons (Fsp3) is 0.300. The number of hydrogen-bond acceptors (Lipinski definition) is 5. The van der Waals surface area contributed by atoms with Gasteiger partial charge in [0.05, 0.1) is 17.7 Å². The second-order valence-electron chi connectivity index (χ2n) is 6.74. The van der Waals surface area contributed by atoms with Crippen LogP contribution in [0.2, 0.25) is 0 Å². The Bertz CT molecular complexity index is 975. The lowest BCUT2D eigenvalue weighted by molar-refractivity contribution is -0.118. The molecule has 0 fully saturated rings. The molecule has 2 amide bonds. The molecule has 0 bridgehead atoms. The molecule has 2 aromatic carbocycles. The van der Waals surface area contributed by atoms with Crippen molar-refractivity contribution in [2.45, 2.75) is 31.7 Å². The maximum Gasteiger partial charge on any atom is 0.242 e. The Morgan fingerprint density at radius 3 is 2.21 bits per heavy atom. The van der Waals surface area contributed by atoms with E-state index >= 15 is 0 Å². The fourth-order valence-electron chi connectivity index (χ4n) is 2.62. The average Bonchev–Trinajstić information content (AvgIpc) is 2.66. The summed E-state index contributed by atoms with van der Waals surface area (Å²) in [5.41, 5.74) is 0.785. The molecule has 156 valence electrons. The summed E-state index contributed by atoms with van der Waals surface area (Å²) in [6.45, 7) is 4.85. The van der Waals surface area contributed by atoms with Crippen LogP contribution < -0.4 is 20.1 Å². The molecule has 2 rings (SSSR count). The third-order valence-corrected chi connectivity index (χ3v) is 5.52. The van der Waals surface area contributed by atoms with Gasteiger partial charge in [-0.3, -0.25) is 9.59 Å². The Morgan fingerprint density at radius 1 is 1.00 bits per heavy atom. The van der Waals surface area contributed by atoms with Crippen molar-refractivity contribution >= 4 is 33.2 Å². The Morgan fingerprint density at radius 2 is 1.66 bits per heavy atom. The van der Waals surface area contributed by atoms with Gasteiger partial charge in [-0.05, 0) is 36.2 Å². The molecule has 3 N–H and O–H groups in total. The highest BCUT2D eigenvalue weighted by molar-refractivity contribution is 7.89. The van der Waals surface area contributed by atoms with E-state index in [2.05, 4.69) is 15.4 Å². The summed E-state index contributed by atoms with van der Waals surface area (Å²) >= 11 is 0. The topological polar surface area (TPSA) is 114 Å². The van der Waals surface area contributed by atoms with Crippen LogP contribution in [0.4, 0.5) is 11.4 Å². The van der Waals surface area contributed by atoms with Gasteiger partial charge in [0.25, 0.3) is 0 Å². The van der Waals surface area contributed by atoms with Gasteiger partial charge >= 0.3 is 0 Å². The average molecular weight is 420 g/mol. The molecule has 0 aromatic heterocycles. The van der Waals surface area contributed by atoms with Crippen LogP contribution in [0.1, 0.15) is 20.8 Å². The van der Waals surface area contributed by atoms with E-state index in [1.807, 2.05) is 0 Å². The van der Waals surface area contributed by atoms with E-state index in [9.17, 15) is 18.0 Å². The Kier molecular flexibility index (Phi) is 7.35. The molecule has 0 radical (unpaired) electrons. The zero-order valence-corrected chi connectivity index (χ0v) is 17.5. The number of carbonyl (C=O) groups is 2. The molecule has 0 aliphatic carbocycles. The van der Waals surface area contributed by atoms with Gasteiger partial charge < -0.3 is 15.4 Å². The Hall–Kier alpha value is -2.91. The smallest absolute Gasteiger partial charge is 0.242 e. The number of sulfonamides is 1. The van der Waals surface area contributed by atoms with Crippen LogP contribution in [-0.4, -0.2) is 33.4 Å². The summed E-state index contributed by atoms with van der Waals surface area (Å²) in [4.78, 5) is 24.2. The van der Waals surface area contributed by atoms with Crippen LogP contribution in [0.15, 0.2) is 53.4 Å². The number of ether oxygens (including phenoxy) is 1. The number of methoxy groups -OCH3 is 1. The van der Waals surface area contributed by atoms with E-state index < -0.39 is 22.0 Å². The molecule has 2 aromatic rings. The first-order chi connectivity index (χ1) is 13.6.